The van der Waals surface area contributed by atoms with E-state index in [9.17, 15) is 0 Å². The van der Waals surface area contributed by atoms with E-state index in [-0.39, 0.29) is 6.10 Å². The number of methoxy groups -OCH3 is 2. The van der Waals surface area contributed by atoms with Crippen LogP contribution in [0.2, 0.25) is 0 Å². The number of hydrogen-bond acceptors (Lipinski definition) is 7. The number of nitrogens with one attached hydrogen (secondary N) is 2. The molecular formula is C13H20N4O2S. The van der Waals surface area contributed by atoms with Crippen molar-refractivity contribution >= 4 is 33.3 Å². The first-order valence-electron chi connectivity index (χ1n) is 6.39. The van der Waals surface area contributed by atoms with E-state index in [1.54, 1.807) is 25.6 Å². The Bertz CT molecular complexity index is 573. The molecule has 2 N–H and O–H groups in total. The van der Waals surface area contributed by atoms with Crippen molar-refractivity contribution in [3.05, 3.63) is 10.9 Å². The summed E-state index contributed by atoms with van der Waals surface area (Å²) in [5.41, 5.74) is 0. The molecule has 0 bridgehead atoms. The molecule has 0 aliphatic heterocycles. The number of rotatable bonds is 7. The third kappa shape index (κ3) is 3.36. The van der Waals surface area contributed by atoms with Crippen LogP contribution in [0.5, 0.6) is 0 Å². The average Bonchev–Trinajstić information content (AvgIpc) is 2.83. The highest BCUT2D eigenvalue weighted by molar-refractivity contribution is 7.18. The van der Waals surface area contributed by atoms with E-state index in [0.717, 1.165) is 16.0 Å². The number of hydrogen-bond donors (Lipinski definition) is 2. The number of fused-ring (bicyclic) bond motifs is 1. The Labute approximate surface area is 122 Å². The molecular weight excluding hydrogens is 276 g/mol. The molecule has 2 aromatic heterocycles. The zero-order valence-electron chi connectivity index (χ0n) is 12.2. The Morgan fingerprint density at radius 2 is 2.15 bits per heavy atom. The van der Waals surface area contributed by atoms with Crippen LogP contribution in [0, 0.1) is 6.92 Å². The summed E-state index contributed by atoms with van der Waals surface area (Å²) < 4.78 is 10.5. The van der Waals surface area contributed by atoms with Gasteiger partial charge in [0.15, 0.2) is 0 Å². The molecule has 20 heavy (non-hydrogen) atoms. The van der Waals surface area contributed by atoms with Crippen molar-refractivity contribution in [1.29, 1.82) is 0 Å². The summed E-state index contributed by atoms with van der Waals surface area (Å²) in [7, 11) is 5.15. The summed E-state index contributed by atoms with van der Waals surface area (Å²) in [6, 6.07) is 2.10. The molecule has 0 fully saturated rings. The molecule has 7 heteroatoms. The van der Waals surface area contributed by atoms with Crippen LogP contribution in [-0.4, -0.2) is 50.5 Å². The first-order chi connectivity index (χ1) is 9.67. The van der Waals surface area contributed by atoms with Crippen LogP contribution in [0.1, 0.15) is 4.88 Å². The normalized spacial score (nSPS) is 12.6. The van der Waals surface area contributed by atoms with Crippen LogP contribution in [-0.2, 0) is 9.47 Å². The Morgan fingerprint density at radius 1 is 1.35 bits per heavy atom. The van der Waals surface area contributed by atoms with E-state index < -0.39 is 0 Å². The summed E-state index contributed by atoms with van der Waals surface area (Å²) in [6.45, 7) is 3.24. The van der Waals surface area contributed by atoms with E-state index in [0.29, 0.717) is 19.1 Å². The van der Waals surface area contributed by atoms with Crippen molar-refractivity contribution in [2.24, 2.45) is 0 Å². The predicted molar refractivity (Wildman–Crippen MR) is 82.9 cm³/mol. The average molecular weight is 296 g/mol. The Balaban J connectivity index is 2.23. The lowest BCUT2D eigenvalue weighted by molar-refractivity contribution is 0.0365. The molecule has 2 heterocycles. The van der Waals surface area contributed by atoms with Gasteiger partial charge in [-0.15, -0.1) is 11.3 Å². The summed E-state index contributed by atoms with van der Waals surface area (Å²) >= 11 is 1.66. The first kappa shape index (κ1) is 15.0. The minimum atomic E-state index is -0.0113. The Hall–Kier alpha value is -1.44. The number of aryl methyl sites for hydroxylation is 1. The minimum absolute atomic E-state index is 0.0113. The molecule has 0 aliphatic carbocycles. The van der Waals surface area contributed by atoms with Crippen molar-refractivity contribution in [3.8, 4) is 0 Å². The van der Waals surface area contributed by atoms with E-state index in [1.165, 1.54) is 4.88 Å². The number of thiophene rings is 1. The third-order valence-corrected chi connectivity index (χ3v) is 3.87. The number of anilines is 2. The van der Waals surface area contributed by atoms with E-state index >= 15 is 0 Å². The van der Waals surface area contributed by atoms with Crippen molar-refractivity contribution in [2.75, 3.05) is 45.1 Å². The van der Waals surface area contributed by atoms with Crippen LogP contribution >= 0.6 is 11.3 Å². The first-order valence-corrected chi connectivity index (χ1v) is 7.21. The maximum Gasteiger partial charge on any atom is 0.225 e. The molecule has 6 nitrogen and oxygen atoms in total. The van der Waals surface area contributed by atoms with Gasteiger partial charge in [-0.3, -0.25) is 0 Å². The fourth-order valence-corrected chi connectivity index (χ4v) is 2.77. The predicted octanol–water partition coefficient (Wildman–Crippen LogP) is 2.11. The van der Waals surface area contributed by atoms with Gasteiger partial charge in [0, 0.05) is 32.7 Å². The van der Waals surface area contributed by atoms with Crippen LogP contribution in [0.4, 0.5) is 11.8 Å². The molecule has 0 saturated heterocycles. The second-order valence-corrected chi connectivity index (χ2v) is 5.65. The standard InChI is InChI=1S/C13H20N4O2S/c1-8-5-10-11(15-6-9(19-4)7-18-3)16-13(14-2)17-12(10)20-8/h5,9H,6-7H2,1-4H3,(H2,14,15,16,17). The van der Waals surface area contributed by atoms with E-state index in [2.05, 4.69) is 33.6 Å². The van der Waals surface area contributed by atoms with Crippen molar-refractivity contribution < 1.29 is 9.47 Å². The van der Waals surface area contributed by atoms with Gasteiger partial charge in [0.05, 0.1) is 18.1 Å². The molecule has 0 aromatic carbocycles. The topological polar surface area (TPSA) is 68.3 Å². The number of nitrogens with zero attached hydrogens (tertiary/aromatic N) is 2. The lowest BCUT2D eigenvalue weighted by atomic mass is 10.3. The zero-order valence-corrected chi connectivity index (χ0v) is 13.0. The highest BCUT2D eigenvalue weighted by Crippen LogP contribution is 2.29. The molecule has 2 aromatic rings. The zero-order chi connectivity index (χ0) is 14.5. The minimum Gasteiger partial charge on any atom is -0.382 e. The third-order valence-electron chi connectivity index (χ3n) is 2.92. The maximum absolute atomic E-state index is 5.34. The van der Waals surface area contributed by atoms with Gasteiger partial charge < -0.3 is 20.1 Å². The molecule has 0 spiro atoms. The molecule has 1 atom stereocenters. The van der Waals surface area contributed by atoms with Gasteiger partial charge in [0.25, 0.3) is 0 Å². The van der Waals surface area contributed by atoms with E-state index in [4.69, 9.17) is 9.47 Å². The summed E-state index contributed by atoms with van der Waals surface area (Å²) in [5, 5.41) is 7.35. The van der Waals surface area contributed by atoms with E-state index in [1.807, 2.05) is 7.05 Å². The molecule has 0 saturated carbocycles. The summed E-state index contributed by atoms with van der Waals surface area (Å²) in [4.78, 5) is 11.1. The number of aromatic nitrogens is 2. The van der Waals surface area contributed by atoms with Gasteiger partial charge in [0.2, 0.25) is 5.95 Å². The van der Waals surface area contributed by atoms with Crippen LogP contribution < -0.4 is 10.6 Å². The fourth-order valence-electron chi connectivity index (χ4n) is 1.90. The van der Waals surface area contributed by atoms with Crippen LogP contribution in [0.25, 0.3) is 10.2 Å². The highest BCUT2D eigenvalue weighted by Gasteiger charge is 2.12. The Morgan fingerprint density at radius 3 is 2.80 bits per heavy atom. The fraction of sp³-hybridized carbons (Fsp3) is 0.538. The SMILES string of the molecule is CNc1nc(NCC(COC)OC)c2cc(C)sc2n1. The van der Waals surface area contributed by atoms with Gasteiger partial charge in [-0.2, -0.15) is 4.98 Å². The molecule has 110 valence electrons. The van der Waals surface area contributed by atoms with Crippen molar-refractivity contribution in [3.63, 3.8) is 0 Å². The highest BCUT2D eigenvalue weighted by atomic mass is 32.1. The van der Waals surface area contributed by atoms with Gasteiger partial charge in [-0.25, -0.2) is 4.98 Å². The maximum atomic E-state index is 5.34. The molecule has 0 aliphatic rings. The molecule has 0 amide bonds. The second kappa shape index (κ2) is 6.83. The van der Waals surface area contributed by atoms with Crippen LogP contribution in [0.15, 0.2) is 6.07 Å². The molecule has 0 radical (unpaired) electrons. The largest absolute Gasteiger partial charge is 0.382 e. The van der Waals surface area contributed by atoms with Gasteiger partial charge >= 0.3 is 0 Å². The van der Waals surface area contributed by atoms with Crippen molar-refractivity contribution in [1.82, 2.24) is 9.97 Å². The number of ether oxygens (including phenoxy) is 2. The van der Waals surface area contributed by atoms with Crippen molar-refractivity contribution in [2.45, 2.75) is 13.0 Å². The van der Waals surface area contributed by atoms with Gasteiger partial charge in [-0.1, -0.05) is 0 Å². The molecule has 1 unspecified atom stereocenters. The van der Waals surface area contributed by atoms with Gasteiger partial charge in [0.1, 0.15) is 10.6 Å². The lowest BCUT2D eigenvalue weighted by Crippen LogP contribution is -2.27. The Kier molecular flexibility index (Phi) is 5.11. The molecule has 2 rings (SSSR count). The van der Waals surface area contributed by atoms with Crippen LogP contribution in [0.3, 0.4) is 0 Å². The second-order valence-electron chi connectivity index (χ2n) is 4.42. The lowest BCUT2D eigenvalue weighted by Gasteiger charge is -2.16. The quantitative estimate of drug-likeness (QED) is 0.815. The smallest absolute Gasteiger partial charge is 0.225 e. The summed E-state index contributed by atoms with van der Waals surface area (Å²) in [5.74, 6) is 1.43. The van der Waals surface area contributed by atoms with Gasteiger partial charge in [-0.05, 0) is 13.0 Å². The summed E-state index contributed by atoms with van der Waals surface area (Å²) in [6.07, 6.45) is -0.0113. The monoisotopic (exact) mass is 296 g/mol.